The van der Waals surface area contributed by atoms with Crippen LogP contribution in [0.4, 0.5) is 0 Å². The lowest BCUT2D eigenvalue weighted by Crippen LogP contribution is -2.45. The molecule has 0 aliphatic carbocycles. The molecule has 0 saturated carbocycles. The van der Waals surface area contributed by atoms with Gasteiger partial charge in [-0.05, 0) is 43.7 Å². The molecule has 1 aromatic carbocycles. The van der Waals surface area contributed by atoms with Crippen LogP contribution in [0, 0.1) is 0 Å². The number of piperidine rings is 1. The van der Waals surface area contributed by atoms with E-state index in [1.54, 1.807) is 0 Å². The molecule has 1 unspecified atom stereocenters. The number of benzene rings is 1. The number of methoxy groups -OCH3 is 1. The Balaban J connectivity index is 0.00000220. The molecule has 2 N–H and O–H groups in total. The SMILES string of the molecule is COC(=O)c1ccc(S(=O)(=O)NC2CCCNC2)cc1.Cl. The van der Waals surface area contributed by atoms with E-state index in [0.717, 1.165) is 19.4 Å². The number of sulfonamides is 1. The zero-order valence-electron chi connectivity index (χ0n) is 11.7. The van der Waals surface area contributed by atoms with Gasteiger partial charge in [0.1, 0.15) is 0 Å². The average molecular weight is 335 g/mol. The van der Waals surface area contributed by atoms with Crippen molar-refractivity contribution in [3.8, 4) is 0 Å². The van der Waals surface area contributed by atoms with Gasteiger partial charge in [-0.15, -0.1) is 12.4 Å². The van der Waals surface area contributed by atoms with E-state index < -0.39 is 16.0 Å². The predicted octanol–water partition coefficient (Wildman–Crippen LogP) is 0.925. The van der Waals surface area contributed by atoms with Crippen molar-refractivity contribution in [2.75, 3.05) is 20.2 Å². The van der Waals surface area contributed by atoms with E-state index in [0.29, 0.717) is 12.1 Å². The topological polar surface area (TPSA) is 84.5 Å². The standard InChI is InChI=1S/C13H18N2O4S.ClH/c1-19-13(16)10-4-6-12(7-5-10)20(17,18)15-11-3-2-8-14-9-11;/h4-7,11,14-15H,2-3,8-9H2,1H3;1H. The first-order chi connectivity index (χ1) is 9.53. The van der Waals surface area contributed by atoms with Gasteiger partial charge in [-0.2, -0.15) is 0 Å². The second-order valence-corrected chi connectivity index (χ2v) is 6.39. The van der Waals surface area contributed by atoms with Crippen molar-refractivity contribution in [2.24, 2.45) is 0 Å². The molecule has 0 radical (unpaired) electrons. The number of carbonyl (C=O) groups excluding carboxylic acids is 1. The molecule has 1 saturated heterocycles. The zero-order valence-corrected chi connectivity index (χ0v) is 13.3. The Bertz CT molecular complexity index is 568. The van der Waals surface area contributed by atoms with Crippen LogP contribution in [0.15, 0.2) is 29.2 Å². The van der Waals surface area contributed by atoms with Crippen molar-refractivity contribution in [3.05, 3.63) is 29.8 Å². The maximum Gasteiger partial charge on any atom is 0.337 e. The summed E-state index contributed by atoms with van der Waals surface area (Å²) in [6, 6.07) is 5.61. The highest BCUT2D eigenvalue weighted by Gasteiger charge is 2.21. The summed E-state index contributed by atoms with van der Waals surface area (Å²) in [6.45, 7) is 1.56. The number of carbonyl (C=O) groups is 1. The Morgan fingerprint density at radius 3 is 2.52 bits per heavy atom. The highest BCUT2D eigenvalue weighted by Crippen LogP contribution is 2.13. The minimum Gasteiger partial charge on any atom is -0.465 e. The second kappa shape index (κ2) is 7.74. The number of hydrogen-bond donors (Lipinski definition) is 2. The molecule has 0 amide bonds. The summed E-state index contributed by atoms with van der Waals surface area (Å²) in [5.74, 6) is -0.488. The molecule has 0 spiro atoms. The normalized spacial score (nSPS) is 18.6. The van der Waals surface area contributed by atoms with E-state index in [1.807, 2.05) is 0 Å². The van der Waals surface area contributed by atoms with Crippen LogP contribution in [-0.4, -0.2) is 40.6 Å². The fourth-order valence-electron chi connectivity index (χ4n) is 2.13. The summed E-state index contributed by atoms with van der Waals surface area (Å²) >= 11 is 0. The molecule has 1 aliphatic heterocycles. The van der Waals surface area contributed by atoms with Gasteiger partial charge in [-0.3, -0.25) is 0 Å². The van der Waals surface area contributed by atoms with Crippen LogP contribution >= 0.6 is 12.4 Å². The lowest BCUT2D eigenvalue weighted by atomic mass is 10.1. The third-order valence-electron chi connectivity index (χ3n) is 3.20. The first-order valence-electron chi connectivity index (χ1n) is 6.44. The van der Waals surface area contributed by atoms with Gasteiger partial charge in [0.25, 0.3) is 0 Å². The van der Waals surface area contributed by atoms with Gasteiger partial charge < -0.3 is 10.1 Å². The highest BCUT2D eigenvalue weighted by molar-refractivity contribution is 7.89. The van der Waals surface area contributed by atoms with Crippen molar-refractivity contribution >= 4 is 28.4 Å². The first kappa shape index (κ1) is 17.9. The number of ether oxygens (including phenoxy) is 1. The summed E-state index contributed by atoms with van der Waals surface area (Å²) in [6.07, 6.45) is 1.78. The summed E-state index contributed by atoms with van der Waals surface area (Å²) in [5.41, 5.74) is 0.325. The van der Waals surface area contributed by atoms with E-state index in [4.69, 9.17) is 0 Å². The minimum absolute atomic E-state index is 0. The van der Waals surface area contributed by atoms with E-state index in [1.165, 1.54) is 31.4 Å². The zero-order chi connectivity index (χ0) is 14.6. The van der Waals surface area contributed by atoms with Crippen molar-refractivity contribution < 1.29 is 17.9 Å². The first-order valence-corrected chi connectivity index (χ1v) is 7.92. The molecule has 2 rings (SSSR count). The van der Waals surface area contributed by atoms with Crippen LogP contribution in [0.25, 0.3) is 0 Å². The number of halogens is 1. The van der Waals surface area contributed by atoms with Gasteiger partial charge >= 0.3 is 5.97 Å². The minimum atomic E-state index is -3.55. The Labute approximate surface area is 130 Å². The van der Waals surface area contributed by atoms with Crippen LogP contribution in [0.2, 0.25) is 0 Å². The van der Waals surface area contributed by atoms with Crippen molar-refractivity contribution in [3.63, 3.8) is 0 Å². The predicted molar refractivity (Wildman–Crippen MR) is 81.2 cm³/mol. The third-order valence-corrected chi connectivity index (χ3v) is 4.74. The molecule has 1 fully saturated rings. The smallest absolute Gasteiger partial charge is 0.337 e. The molecule has 1 heterocycles. The quantitative estimate of drug-likeness (QED) is 0.800. The lowest BCUT2D eigenvalue weighted by Gasteiger charge is -2.23. The molecular formula is C13H19ClN2O4S. The summed E-state index contributed by atoms with van der Waals surface area (Å²) in [5, 5.41) is 3.15. The number of nitrogens with one attached hydrogen (secondary N) is 2. The molecule has 8 heteroatoms. The van der Waals surface area contributed by atoms with Crippen LogP contribution < -0.4 is 10.0 Å². The van der Waals surface area contributed by atoms with Crippen molar-refractivity contribution in [1.82, 2.24) is 10.0 Å². The number of hydrogen-bond acceptors (Lipinski definition) is 5. The van der Waals surface area contributed by atoms with Gasteiger partial charge in [-0.1, -0.05) is 0 Å². The van der Waals surface area contributed by atoms with E-state index >= 15 is 0 Å². The van der Waals surface area contributed by atoms with Gasteiger partial charge in [0.2, 0.25) is 10.0 Å². The fourth-order valence-corrected chi connectivity index (χ4v) is 3.40. The number of esters is 1. The highest BCUT2D eigenvalue weighted by atomic mass is 35.5. The van der Waals surface area contributed by atoms with Crippen LogP contribution in [0.1, 0.15) is 23.2 Å². The molecular weight excluding hydrogens is 316 g/mol. The molecule has 0 aromatic heterocycles. The fraction of sp³-hybridized carbons (Fsp3) is 0.462. The summed E-state index contributed by atoms with van der Waals surface area (Å²) in [7, 11) is -2.27. The van der Waals surface area contributed by atoms with Gasteiger partial charge in [0.15, 0.2) is 0 Å². The monoisotopic (exact) mass is 334 g/mol. The average Bonchev–Trinajstić information content (AvgIpc) is 2.47. The maximum absolute atomic E-state index is 12.2. The molecule has 1 aliphatic rings. The van der Waals surface area contributed by atoms with Gasteiger partial charge in [-0.25, -0.2) is 17.9 Å². The lowest BCUT2D eigenvalue weighted by molar-refractivity contribution is 0.0600. The van der Waals surface area contributed by atoms with Crippen LogP contribution in [0.5, 0.6) is 0 Å². The van der Waals surface area contributed by atoms with E-state index in [2.05, 4.69) is 14.8 Å². The van der Waals surface area contributed by atoms with Crippen molar-refractivity contribution in [1.29, 1.82) is 0 Å². The Hall–Kier alpha value is -1.15. The summed E-state index contributed by atoms with van der Waals surface area (Å²) < 4.78 is 31.6. The Morgan fingerprint density at radius 2 is 2.00 bits per heavy atom. The Morgan fingerprint density at radius 1 is 1.33 bits per heavy atom. The third kappa shape index (κ3) is 4.67. The van der Waals surface area contributed by atoms with Crippen LogP contribution in [-0.2, 0) is 14.8 Å². The molecule has 1 aromatic rings. The van der Waals surface area contributed by atoms with Crippen LogP contribution in [0.3, 0.4) is 0 Å². The molecule has 0 bridgehead atoms. The molecule has 21 heavy (non-hydrogen) atoms. The molecule has 1 atom stereocenters. The molecule has 118 valence electrons. The van der Waals surface area contributed by atoms with E-state index in [9.17, 15) is 13.2 Å². The van der Waals surface area contributed by atoms with Gasteiger partial charge in [0, 0.05) is 12.6 Å². The second-order valence-electron chi connectivity index (χ2n) is 4.68. The Kier molecular flexibility index (Phi) is 6.60. The van der Waals surface area contributed by atoms with Crippen molar-refractivity contribution in [2.45, 2.75) is 23.8 Å². The maximum atomic E-state index is 12.2. The van der Waals surface area contributed by atoms with Gasteiger partial charge in [0.05, 0.1) is 17.6 Å². The largest absolute Gasteiger partial charge is 0.465 e. The summed E-state index contributed by atoms with van der Waals surface area (Å²) in [4.78, 5) is 11.4. The number of rotatable bonds is 4. The molecule has 6 nitrogen and oxygen atoms in total. The van der Waals surface area contributed by atoms with E-state index in [-0.39, 0.29) is 23.3 Å².